The Kier molecular flexibility index (Phi) is 4.26. The van der Waals surface area contributed by atoms with Crippen LogP contribution >= 0.6 is 15.9 Å². The molecule has 0 radical (unpaired) electrons. The Hall–Kier alpha value is -0.960. The van der Waals surface area contributed by atoms with Crippen molar-refractivity contribution in [2.45, 2.75) is 34.6 Å². The molecule has 0 unspecified atom stereocenters. The molecule has 0 spiro atoms. The predicted octanol–water partition coefficient (Wildman–Crippen LogP) is 4.66. The highest BCUT2D eigenvalue weighted by molar-refractivity contribution is 9.10. The van der Waals surface area contributed by atoms with Crippen LogP contribution in [0.3, 0.4) is 0 Å². The van der Waals surface area contributed by atoms with Gasteiger partial charge in [0.25, 0.3) is 0 Å². The molecule has 0 aliphatic carbocycles. The lowest BCUT2D eigenvalue weighted by Gasteiger charge is -2.14. The van der Waals surface area contributed by atoms with E-state index in [-0.39, 0.29) is 11.3 Å². The molecule has 3 heteroatoms. The fourth-order valence-electron chi connectivity index (χ4n) is 1.68. The topological polar surface area (TPSA) is 17.1 Å². The van der Waals surface area contributed by atoms with Gasteiger partial charge in [0.1, 0.15) is 5.82 Å². The molecule has 0 aliphatic rings. The van der Waals surface area contributed by atoms with E-state index >= 15 is 0 Å². The molecule has 1 aromatic rings. The third kappa shape index (κ3) is 2.34. The van der Waals surface area contributed by atoms with E-state index in [4.69, 9.17) is 0 Å². The molecule has 1 nitrogen and oxygen atoms in total. The molecule has 92 valence electrons. The highest BCUT2D eigenvalue weighted by atomic mass is 79.9. The van der Waals surface area contributed by atoms with Gasteiger partial charge in [0.15, 0.2) is 5.78 Å². The van der Waals surface area contributed by atoms with Crippen molar-refractivity contribution < 1.29 is 9.18 Å². The molecule has 0 aromatic heterocycles. The molecule has 1 rings (SSSR count). The van der Waals surface area contributed by atoms with Crippen LogP contribution in [0.1, 0.15) is 40.9 Å². The highest BCUT2D eigenvalue weighted by Crippen LogP contribution is 2.31. The highest BCUT2D eigenvalue weighted by Gasteiger charge is 2.21. The lowest BCUT2D eigenvalue weighted by molar-refractivity contribution is 0.102. The molecular formula is C14H16BrFO. The van der Waals surface area contributed by atoms with E-state index in [1.165, 1.54) is 0 Å². The number of hydrogen-bond donors (Lipinski definition) is 0. The van der Waals surface area contributed by atoms with Crippen molar-refractivity contribution in [3.05, 3.63) is 44.2 Å². The quantitative estimate of drug-likeness (QED) is 0.573. The van der Waals surface area contributed by atoms with E-state index in [1.807, 2.05) is 6.92 Å². The Morgan fingerprint density at radius 2 is 1.71 bits per heavy atom. The average molecular weight is 299 g/mol. The Morgan fingerprint density at radius 3 is 2.18 bits per heavy atom. The number of rotatable bonds is 2. The number of allylic oxidation sites excluding steroid dienone is 2. The maximum Gasteiger partial charge on any atom is 0.191 e. The van der Waals surface area contributed by atoms with Crippen molar-refractivity contribution in [3.63, 3.8) is 0 Å². The van der Waals surface area contributed by atoms with Gasteiger partial charge in [-0.05, 0) is 56.9 Å². The fraction of sp³-hybridized carbons (Fsp3) is 0.357. The molecule has 1 aromatic carbocycles. The summed E-state index contributed by atoms with van der Waals surface area (Å²) in [6.07, 6.45) is 1.70. The Bertz CT molecular complexity index is 486. The Labute approximate surface area is 110 Å². The molecule has 0 atom stereocenters. The molecular weight excluding hydrogens is 283 g/mol. The van der Waals surface area contributed by atoms with Gasteiger partial charge < -0.3 is 0 Å². The summed E-state index contributed by atoms with van der Waals surface area (Å²) in [5, 5.41) is 0. The van der Waals surface area contributed by atoms with Crippen LogP contribution in [0.2, 0.25) is 0 Å². The smallest absolute Gasteiger partial charge is 0.191 e. The second kappa shape index (κ2) is 5.13. The van der Waals surface area contributed by atoms with Crippen LogP contribution in [0.5, 0.6) is 0 Å². The largest absolute Gasteiger partial charge is 0.289 e. The van der Waals surface area contributed by atoms with Crippen LogP contribution in [0.15, 0.2) is 16.1 Å². The summed E-state index contributed by atoms with van der Waals surface area (Å²) in [6.45, 7) is 8.81. The van der Waals surface area contributed by atoms with E-state index in [9.17, 15) is 9.18 Å². The van der Waals surface area contributed by atoms with Crippen LogP contribution in [-0.2, 0) is 0 Å². The van der Waals surface area contributed by atoms with Crippen LogP contribution in [-0.4, -0.2) is 5.78 Å². The minimum Gasteiger partial charge on any atom is -0.289 e. The number of Topliss-reactive ketones (excluding diaryl/α,β-unsaturated/α-hetero) is 1. The number of hydrogen-bond acceptors (Lipinski definition) is 1. The zero-order valence-corrected chi connectivity index (χ0v) is 12.3. The molecule has 0 N–H and O–H groups in total. The molecule has 0 saturated heterocycles. The van der Waals surface area contributed by atoms with Gasteiger partial charge in [-0.3, -0.25) is 4.79 Å². The van der Waals surface area contributed by atoms with E-state index in [0.29, 0.717) is 16.7 Å². The molecule has 0 heterocycles. The Morgan fingerprint density at radius 1 is 1.18 bits per heavy atom. The van der Waals surface area contributed by atoms with Gasteiger partial charge in [0, 0.05) is 4.47 Å². The van der Waals surface area contributed by atoms with Crippen molar-refractivity contribution in [2.24, 2.45) is 0 Å². The first-order valence-corrected chi connectivity index (χ1v) is 6.24. The van der Waals surface area contributed by atoms with Crippen molar-refractivity contribution in [1.29, 1.82) is 0 Å². The van der Waals surface area contributed by atoms with E-state index in [0.717, 1.165) is 10.0 Å². The van der Waals surface area contributed by atoms with Crippen LogP contribution in [0.4, 0.5) is 4.39 Å². The summed E-state index contributed by atoms with van der Waals surface area (Å²) in [5.74, 6) is -0.660. The van der Waals surface area contributed by atoms with Crippen molar-refractivity contribution in [1.82, 2.24) is 0 Å². The first-order chi connectivity index (χ1) is 7.82. The van der Waals surface area contributed by atoms with Gasteiger partial charge in [0.05, 0.1) is 5.56 Å². The second-order valence-electron chi connectivity index (χ2n) is 4.18. The summed E-state index contributed by atoms with van der Waals surface area (Å²) in [4.78, 5) is 12.1. The number of ketones is 1. The Balaban J connectivity index is 3.61. The van der Waals surface area contributed by atoms with E-state index in [1.54, 1.807) is 33.8 Å². The van der Waals surface area contributed by atoms with E-state index < -0.39 is 5.82 Å². The maximum atomic E-state index is 14.2. The first-order valence-electron chi connectivity index (χ1n) is 5.45. The minimum atomic E-state index is -0.425. The molecule has 0 amide bonds. The van der Waals surface area contributed by atoms with Gasteiger partial charge in [-0.15, -0.1) is 0 Å². The van der Waals surface area contributed by atoms with Gasteiger partial charge in [-0.1, -0.05) is 22.0 Å². The summed E-state index contributed by atoms with van der Waals surface area (Å²) in [6, 6.07) is 0. The number of halogens is 2. The monoisotopic (exact) mass is 298 g/mol. The lowest BCUT2D eigenvalue weighted by atomic mass is 9.93. The average Bonchev–Trinajstić information content (AvgIpc) is 2.32. The van der Waals surface area contributed by atoms with Crippen molar-refractivity contribution >= 4 is 21.7 Å². The third-order valence-electron chi connectivity index (χ3n) is 3.16. The predicted molar refractivity (Wildman–Crippen MR) is 72.1 cm³/mol. The number of carbonyl (C=O) groups is 1. The van der Waals surface area contributed by atoms with Crippen molar-refractivity contribution in [2.75, 3.05) is 0 Å². The SMILES string of the molecule is C/C=C(\C)C(=O)c1c(C)c(C)c(Br)c(C)c1F. The van der Waals surface area contributed by atoms with E-state index in [2.05, 4.69) is 15.9 Å². The minimum absolute atomic E-state index is 0.193. The summed E-state index contributed by atoms with van der Waals surface area (Å²) >= 11 is 3.35. The summed E-state index contributed by atoms with van der Waals surface area (Å²) in [5.41, 5.74) is 2.86. The molecule has 0 bridgehead atoms. The zero-order chi connectivity index (χ0) is 13.3. The van der Waals surface area contributed by atoms with Crippen molar-refractivity contribution in [3.8, 4) is 0 Å². The normalized spacial score (nSPS) is 11.8. The maximum absolute atomic E-state index is 14.2. The van der Waals surface area contributed by atoms with Gasteiger partial charge in [-0.25, -0.2) is 4.39 Å². The van der Waals surface area contributed by atoms with Crippen LogP contribution < -0.4 is 0 Å². The van der Waals surface area contributed by atoms with Gasteiger partial charge in [0.2, 0.25) is 0 Å². The summed E-state index contributed by atoms with van der Waals surface area (Å²) < 4.78 is 14.9. The second-order valence-corrected chi connectivity index (χ2v) is 4.97. The molecule has 17 heavy (non-hydrogen) atoms. The van der Waals surface area contributed by atoms with Crippen LogP contribution in [0, 0.1) is 26.6 Å². The van der Waals surface area contributed by atoms with Gasteiger partial charge in [-0.2, -0.15) is 0 Å². The standard InChI is InChI=1S/C14H16BrFO/c1-6-7(2)14(17)11-8(3)9(4)12(15)10(5)13(11)16/h6H,1-5H3/b7-6+. The lowest BCUT2D eigenvalue weighted by Crippen LogP contribution is -2.10. The van der Waals surface area contributed by atoms with Gasteiger partial charge >= 0.3 is 0 Å². The summed E-state index contributed by atoms with van der Waals surface area (Å²) in [7, 11) is 0. The first kappa shape index (κ1) is 14.1. The van der Waals surface area contributed by atoms with Crippen LogP contribution in [0.25, 0.3) is 0 Å². The molecule has 0 fully saturated rings. The molecule has 0 saturated carbocycles. The zero-order valence-electron chi connectivity index (χ0n) is 10.7. The number of carbonyl (C=O) groups excluding carboxylic acids is 1. The number of benzene rings is 1. The fourth-order valence-corrected chi connectivity index (χ4v) is 2.15. The molecule has 0 aliphatic heterocycles. The third-order valence-corrected chi connectivity index (χ3v) is 4.35.